The molecule has 0 aromatic rings. The number of thioether (sulfide) groups is 2. The van der Waals surface area contributed by atoms with Crippen molar-refractivity contribution in [3.63, 3.8) is 0 Å². The second-order valence-corrected chi connectivity index (χ2v) is 7.17. The third kappa shape index (κ3) is 10.1. The molecule has 0 saturated carbocycles. The summed E-state index contributed by atoms with van der Waals surface area (Å²) >= 11 is 6.68. The number of ether oxygens (including phenoxy) is 3. The largest absolute Gasteiger partial charge is 0.499 e. The zero-order valence-corrected chi connectivity index (χ0v) is 15.6. The van der Waals surface area contributed by atoms with Gasteiger partial charge in [0.2, 0.25) is 9.32 Å². The van der Waals surface area contributed by atoms with Crippen molar-refractivity contribution in [1.82, 2.24) is 0 Å². The van der Waals surface area contributed by atoms with Crippen molar-refractivity contribution >= 4 is 58.7 Å². The molecule has 0 spiro atoms. The summed E-state index contributed by atoms with van der Waals surface area (Å²) in [6.45, 7) is 5.74. The van der Waals surface area contributed by atoms with Crippen LogP contribution >= 0.6 is 35.7 Å². The highest BCUT2D eigenvalue weighted by molar-refractivity contribution is 8.20. The number of carbonyl (C=O) groups excluding carboxylic acids is 2. The molecule has 0 heterocycles. The normalized spacial score (nSPS) is 10.6. The number of carboxylic acid groups (broad SMARTS) is 1. The van der Waals surface area contributed by atoms with Gasteiger partial charge in [0.25, 0.3) is 0 Å². The first-order valence-electron chi connectivity index (χ1n) is 6.73. The van der Waals surface area contributed by atoms with E-state index in [2.05, 4.69) is 13.2 Å². The molecule has 2 N–H and O–H groups in total. The van der Waals surface area contributed by atoms with Crippen molar-refractivity contribution in [2.75, 3.05) is 31.3 Å². The Morgan fingerprint density at radius 1 is 1.00 bits per heavy atom. The fourth-order valence-electron chi connectivity index (χ4n) is 1.22. The fourth-order valence-corrected chi connectivity index (χ4v) is 3.87. The first-order chi connectivity index (χ1) is 11.8. The number of carbonyl (C=O) groups is 3. The summed E-state index contributed by atoms with van der Waals surface area (Å²) in [7, 11) is 0. The molecule has 0 aromatic heterocycles. The highest BCUT2D eigenvalue weighted by Gasteiger charge is 2.38. The maximum Gasteiger partial charge on any atom is 0.330 e. The lowest BCUT2D eigenvalue weighted by atomic mass is 10.6. The van der Waals surface area contributed by atoms with Gasteiger partial charge in [0.15, 0.2) is 0 Å². The van der Waals surface area contributed by atoms with Gasteiger partial charge in [-0.25, -0.2) is 14.4 Å². The smallest absolute Gasteiger partial charge is 0.330 e. The Labute approximate surface area is 158 Å². The second kappa shape index (κ2) is 12.8. The molecule has 0 aromatic carbocycles. The molecule has 0 rings (SSSR count). The van der Waals surface area contributed by atoms with Crippen molar-refractivity contribution in [3.8, 4) is 0 Å². The summed E-state index contributed by atoms with van der Waals surface area (Å²) in [5.74, 6) is -2.15. The summed E-state index contributed by atoms with van der Waals surface area (Å²) in [6.07, 6.45) is 2.00. The van der Waals surface area contributed by atoms with E-state index in [0.717, 1.165) is 35.7 Å². The predicted octanol–water partition coefficient (Wildman–Crippen LogP) is 1.55. The Hall–Kier alpha value is -1.56. The van der Waals surface area contributed by atoms with Crippen LogP contribution in [0.25, 0.3) is 0 Å². The average molecular weight is 410 g/mol. The standard InChI is InChI=1S/C14H18O8S3/c1-3-11(17)20-5-7-24-14(13(19)23,22-9-10(15)16)25-8-6-21-12(18)4-2/h3-4H,1-2,5-9H2,(H,15,16)(H,19,23). The molecule has 0 radical (unpaired) electrons. The van der Waals surface area contributed by atoms with E-state index in [9.17, 15) is 19.5 Å². The molecule has 0 saturated heterocycles. The molecule has 0 fully saturated rings. The van der Waals surface area contributed by atoms with Gasteiger partial charge in [-0.1, -0.05) is 13.2 Å². The van der Waals surface area contributed by atoms with Crippen LogP contribution in [-0.2, 0) is 28.6 Å². The Morgan fingerprint density at radius 3 is 1.76 bits per heavy atom. The van der Waals surface area contributed by atoms with E-state index in [1.807, 2.05) is 0 Å². The monoisotopic (exact) mass is 410 g/mol. The molecule has 0 aliphatic rings. The van der Waals surface area contributed by atoms with Crippen molar-refractivity contribution in [2.45, 2.75) is 4.27 Å². The summed E-state index contributed by atoms with van der Waals surface area (Å²) in [5, 5.41) is 18.0. The number of aliphatic carboxylic acids is 1. The van der Waals surface area contributed by atoms with Crippen LogP contribution in [0.4, 0.5) is 0 Å². The Kier molecular flexibility index (Phi) is 12.0. The van der Waals surface area contributed by atoms with Gasteiger partial charge in [0, 0.05) is 23.7 Å². The minimum absolute atomic E-state index is 0.0255. The minimum Gasteiger partial charge on any atom is -0.499 e. The quantitative estimate of drug-likeness (QED) is 0.143. The van der Waals surface area contributed by atoms with Crippen molar-refractivity contribution in [3.05, 3.63) is 25.3 Å². The van der Waals surface area contributed by atoms with Crippen LogP contribution in [0.5, 0.6) is 0 Å². The summed E-state index contributed by atoms with van der Waals surface area (Å²) < 4.78 is 13.2. The van der Waals surface area contributed by atoms with Crippen molar-refractivity contribution in [1.29, 1.82) is 0 Å². The Morgan fingerprint density at radius 2 is 1.44 bits per heavy atom. The zero-order chi connectivity index (χ0) is 19.3. The predicted molar refractivity (Wildman–Crippen MR) is 98.8 cm³/mol. The van der Waals surface area contributed by atoms with Crippen LogP contribution < -0.4 is 0 Å². The van der Waals surface area contributed by atoms with Crippen LogP contribution in [-0.4, -0.2) is 68.8 Å². The van der Waals surface area contributed by atoms with E-state index in [1.54, 1.807) is 0 Å². The molecule has 0 bridgehead atoms. The second-order valence-electron chi connectivity index (χ2n) is 3.98. The van der Waals surface area contributed by atoms with E-state index in [-0.39, 0.29) is 24.7 Å². The molecule has 0 unspecified atom stereocenters. The minimum atomic E-state index is -1.59. The van der Waals surface area contributed by atoms with Gasteiger partial charge in [-0.05, 0) is 12.2 Å². The van der Waals surface area contributed by atoms with Gasteiger partial charge in [0.05, 0.1) is 0 Å². The van der Waals surface area contributed by atoms with E-state index in [4.69, 9.17) is 31.5 Å². The van der Waals surface area contributed by atoms with Crippen LogP contribution in [0.15, 0.2) is 25.3 Å². The van der Waals surface area contributed by atoms with Gasteiger partial charge < -0.3 is 24.4 Å². The molecular weight excluding hydrogens is 392 g/mol. The van der Waals surface area contributed by atoms with Gasteiger partial charge in [-0.15, -0.1) is 23.5 Å². The lowest BCUT2D eigenvalue weighted by Crippen LogP contribution is -2.37. The van der Waals surface area contributed by atoms with E-state index in [1.165, 1.54) is 0 Å². The van der Waals surface area contributed by atoms with Crippen molar-refractivity contribution < 1.29 is 38.8 Å². The molecular formula is C14H18O8S3. The number of rotatable bonds is 14. The molecule has 11 heteroatoms. The molecule has 0 aliphatic carbocycles. The number of hydrogen-bond donors (Lipinski definition) is 2. The van der Waals surface area contributed by atoms with Gasteiger partial charge in [0.1, 0.15) is 19.8 Å². The Bertz CT molecular complexity index is 492. The zero-order valence-electron chi connectivity index (χ0n) is 13.2. The van der Waals surface area contributed by atoms with Gasteiger partial charge >= 0.3 is 17.9 Å². The maximum atomic E-state index is 11.0. The van der Waals surface area contributed by atoms with E-state index >= 15 is 0 Å². The lowest BCUT2D eigenvalue weighted by molar-refractivity contribution is -0.142. The third-order valence-electron chi connectivity index (χ3n) is 2.22. The molecule has 0 amide bonds. The van der Waals surface area contributed by atoms with Gasteiger partial charge in [-0.2, -0.15) is 0 Å². The Balaban J connectivity index is 4.78. The topological polar surface area (TPSA) is 119 Å². The highest BCUT2D eigenvalue weighted by Crippen LogP contribution is 2.39. The number of aliphatic hydroxyl groups is 1. The fraction of sp³-hybridized carbons (Fsp3) is 0.429. The van der Waals surface area contributed by atoms with E-state index in [0.29, 0.717) is 0 Å². The molecule has 8 nitrogen and oxygen atoms in total. The lowest BCUT2D eigenvalue weighted by Gasteiger charge is -2.29. The summed E-state index contributed by atoms with van der Waals surface area (Å²) in [4.78, 5) is 32.7. The SMILES string of the molecule is C=CC(=O)OCCSC(OCC(=O)O)(SCCOC(=O)C=C)C(O)=S. The highest BCUT2D eigenvalue weighted by atomic mass is 32.2. The number of hydrogen-bond acceptors (Lipinski definition) is 9. The first kappa shape index (κ1) is 23.4. The van der Waals surface area contributed by atoms with Crippen LogP contribution in [0, 0.1) is 0 Å². The number of thiocarbonyl (C=S) groups is 1. The number of aliphatic hydroxyl groups excluding tert-OH is 1. The molecule has 140 valence electrons. The summed E-state index contributed by atoms with van der Waals surface area (Å²) in [5.41, 5.74) is 0. The molecule has 0 aliphatic heterocycles. The summed E-state index contributed by atoms with van der Waals surface area (Å²) in [6, 6.07) is 0. The van der Waals surface area contributed by atoms with Crippen LogP contribution in [0.3, 0.4) is 0 Å². The van der Waals surface area contributed by atoms with Gasteiger partial charge in [-0.3, -0.25) is 0 Å². The van der Waals surface area contributed by atoms with Crippen LogP contribution in [0.2, 0.25) is 0 Å². The number of esters is 2. The number of carboxylic acids is 1. The van der Waals surface area contributed by atoms with Crippen molar-refractivity contribution in [2.24, 2.45) is 0 Å². The molecule has 0 atom stereocenters. The van der Waals surface area contributed by atoms with E-state index < -0.39 is 33.8 Å². The maximum absolute atomic E-state index is 11.0. The average Bonchev–Trinajstić information content (AvgIpc) is 2.58. The first-order valence-corrected chi connectivity index (χ1v) is 9.10. The van der Waals surface area contributed by atoms with Crippen LogP contribution in [0.1, 0.15) is 0 Å². The molecule has 25 heavy (non-hydrogen) atoms. The third-order valence-corrected chi connectivity index (χ3v) is 5.60.